The summed E-state index contributed by atoms with van der Waals surface area (Å²) >= 11 is 0. The Morgan fingerprint density at radius 3 is 2.36 bits per heavy atom. The zero-order chi connectivity index (χ0) is 23.8. The van der Waals surface area contributed by atoms with Gasteiger partial charge in [-0.1, -0.05) is 31.5 Å². The topological polar surface area (TPSA) is 88.0 Å². The third kappa shape index (κ3) is 6.61. The van der Waals surface area contributed by atoms with Gasteiger partial charge in [0.15, 0.2) is 0 Å². The minimum atomic E-state index is -0.735. The van der Waals surface area contributed by atoms with Crippen molar-refractivity contribution in [1.29, 1.82) is 0 Å². The summed E-state index contributed by atoms with van der Waals surface area (Å²) in [5.41, 5.74) is 1.71. The van der Waals surface area contributed by atoms with Gasteiger partial charge < -0.3 is 20.5 Å². The van der Waals surface area contributed by atoms with E-state index in [1.807, 2.05) is 6.92 Å². The average molecular weight is 456 g/mol. The Hall–Kier alpha value is -3.75. The standard InChI is InChI=1S/C24H27F2N5O2/c1-3-4-21(30-24(33)29-14-17-5-8-19(25)9-6-17)23(32)28-15-18-7-10-22(20(26)13-18)31-12-11-27-16(31)2/h5-13,21H,3-4,14-15H2,1-2H3,(H,28,32)(H2,29,30,33). The number of rotatable bonds is 9. The van der Waals surface area contributed by atoms with E-state index in [-0.39, 0.29) is 24.8 Å². The maximum Gasteiger partial charge on any atom is 0.315 e. The van der Waals surface area contributed by atoms with E-state index in [4.69, 9.17) is 0 Å². The normalized spacial score (nSPS) is 11.6. The molecule has 0 saturated carbocycles. The molecule has 3 rings (SSSR count). The van der Waals surface area contributed by atoms with Crippen LogP contribution in [0, 0.1) is 18.6 Å². The highest BCUT2D eigenvalue weighted by molar-refractivity contribution is 5.86. The molecule has 1 aromatic heterocycles. The van der Waals surface area contributed by atoms with E-state index in [2.05, 4.69) is 20.9 Å². The number of nitrogens with zero attached hydrogens (tertiary/aromatic N) is 2. The van der Waals surface area contributed by atoms with Crippen molar-refractivity contribution in [3.8, 4) is 5.69 Å². The van der Waals surface area contributed by atoms with Crippen molar-refractivity contribution in [3.05, 3.63) is 83.4 Å². The zero-order valence-corrected chi connectivity index (χ0v) is 18.6. The van der Waals surface area contributed by atoms with E-state index in [9.17, 15) is 18.4 Å². The highest BCUT2D eigenvalue weighted by Gasteiger charge is 2.20. The van der Waals surface area contributed by atoms with Gasteiger partial charge in [-0.3, -0.25) is 4.79 Å². The molecule has 0 spiro atoms. The molecule has 174 valence electrons. The van der Waals surface area contributed by atoms with Gasteiger partial charge in [-0.05, 0) is 48.7 Å². The fourth-order valence-electron chi connectivity index (χ4n) is 3.35. The Morgan fingerprint density at radius 2 is 1.73 bits per heavy atom. The number of hydrogen-bond acceptors (Lipinski definition) is 3. The summed E-state index contributed by atoms with van der Waals surface area (Å²) in [6, 6.07) is 9.27. The Bertz CT molecular complexity index is 1100. The summed E-state index contributed by atoms with van der Waals surface area (Å²) in [4.78, 5) is 29.0. The minimum absolute atomic E-state index is 0.123. The molecule has 3 aromatic rings. The molecule has 0 radical (unpaired) electrons. The Kier molecular flexibility index (Phi) is 8.12. The van der Waals surface area contributed by atoms with Crippen molar-refractivity contribution < 1.29 is 18.4 Å². The van der Waals surface area contributed by atoms with E-state index in [0.29, 0.717) is 29.9 Å². The highest BCUT2D eigenvalue weighted by Crippen LogP contribution is 2.17. The third-order valence-electron chi connectivity index (χ3n) is 5.13. The van der Waals surface area contributed by atoms with Crippen molar-refractivity contribution in [3.63, 3.8) is 0 Å². The Morgan fingerprint density at radius 1 is 1.03 bits per heavy atom. The molecule has 33 heavy (non-hydrogen) atoms. The summed E-state index contributed by atoms with van der Waals surface area (Å²) < 4.78 is 29.2. The molecule has 0 saturated heterocycles. The smallest absolute Gasteiger partial charge is 0.315 e. The molecular weight excluding hydrogens is 428 g/mol. The lowest BCUT2D eigenvalue weighted by Gasteiger charge is -2.18. The molecular formula is C24H27F2N5O2. The van der Waals surface area contributed by atoms with Crippen LogP contribution in [0.4, 0.5) is 13.6 Å². The largest absolute Gasteiger partial charge is 0.350 e. The second kappa shape index (κ2) is 11.2. The molecule has 1 atom stereocenters. The van der Waals surface area contributed by atoms with E-state index in [1.165, 1.54) is 18.2 Å². The van der Waals surface area contributed by atoms with Gasteiger partial charge in [0.05, 0.1) is 5.69 Å². The second-order valence-corrected chi connectivity index (χ2v) is 7.64. The van der Waals surface area contributed by atoms with Crippen LogP contribution in [0.25, 0.3) is 5.69 Å². The summed E-state index contributed by atoms with van der Waals surface area (Å²) in [7, 11) is 0. The molecule has 3 amide bonds. The van der Waals surface area contributed by atoms with Crippen molar-refractivity contribution in [2.75, 3.05) is 0 Å². The van der Waals surface area contributed by atoms with Gasteiger partial charge in [-0.2, -0.15) is 0 Å². The number of amides is 3. The first-order valence-corrected chi connectivity index (χ1v) is 10.7. The first-order valence-electron chi connectivity index (χ1n) is 10.7. The molecule has 0 aliphatic carbocycles. The number of hydrogen-bond donors (Lipinski definition) is 3. The van der Waals surface area contributed by atoms with Crippen LogP contribution in [-0.4, -0.2) is 27.5 Å². The van der Waals surface area contributed by atoms with Crippen LogP contribution in [0.3, 0.4) is 0 Å². The van der Waals surface area contributed by atoms with E-state index >= 15 is 0 Å². The highest BCUT2D eigenvalue weighted by atomic mass is 19.1. The number of carbonyl (C=O) groups is 2. The van der Waals surface area contributed by atoms with Crippen molar-refractivity contribution in [1.82, 2.24) is 25.5 Å². The monoisotopic (exact) mass is 455 g/mol. The van der Waals surface area contributed by atoms with Gasteiger partial charge in [0.2, 0.25) is 5.91 Å². The van der Waals surface area contributed by atoms with Crippen LogP contribution in [0.2, 0.25) is 0 Å². The van der Waals surface area contributed by atoms with Gasteiger partial charge in [-0.25, -0.2) is 18.6 Å². The molecule has 1 heterocycles. The number of aromatic nitrogens is 2. The predicted octanol–water partition coefficient (Wildman–Crippen LogP) is 3.74. The molecule has 0 aliphatic rings. The number of carbonyl (C=O) groups excluding carboxylic acids is 2. The van der Waals surface area contributed by atoms with E-state index < -0.39 is 17.9 Å². The predicted molar refractivity (Wildman–Crippen MR) is 121 cm³/mol. The van der Waals surface area contributed by atoms with E-state index in [1.54, 1.807) is 48.1 Å². The number of imidazole rings is 1. The molecule has 2 aromatic carbocycles. The lowest BCUT2D eigenvalue weighted by Crippen LogP contribution is -2.49. The van der Waals surface area contributed by atoms with Gasteiger partial charge in [0.1, 0.15) is 23.5 Å². The van der Waals surface area contributed by atoms with Crippen molar-refractivity contribution >= 4 is 11.9 Å². The van der Waals surface area contributed by atoms with Crippen LogP contribution in [-0.2, 0) is 17.9 Å². The number of aryl methyl sites for hydroxylation is 1. The maximum absolute atomic E-state index is 14.6. The maximum atomic E-state index is 14.6. The van der Waals surface area contributed by atoms with Crippen LogP contribution in [0.1, 0.15) is 36.7 Å². The SMILES string of the molecule is CCCC(NC(=O)NCc1ccc(F)cc1)C(=O)NCc1ccc(-n2ccnc2C)c(F)c1. The molecule has 0 aliphatic heterocycles. The third-order valence-corrected chi connectivity index (χ3v) is 5.13. The number of nitrogens with one attached hydrogen (secondary N) is 3. The lowest BCUT2D eigenvalue weighted by atomic mass is 10.1. The van der Waals surface area contributed by atoms with Crippen molar-refractivity contribution in [2.24, 2.45) is 0 Å². The molecule has 3 N–H and O–H groups in total. The quantitative estimate of drug-likeness (QED) is 0.459. The summed E-state index contributed by atoms with van der Waals surface area (Å²) in [6.45, 7) is 4.02. The molecule has 7 nitrogen and oxygen atoms in total. The number of halogens is 2. The molecule has 1 unspecified atom stereocenters. The first-order chi connectivity index (χ1) is 15.9. The van der Waals surface area contributed by atoms with Gasteiger partial charge in [-0.15, -0.1) is 0 Å². The Labute approximate surface area is 191 Å². The first kappa shape index (κ1) is 23.9. The second-order valence-electron chi connectivity index (χ2n) is 7.64. The molecule has 0 fully saturated rings. The summed E-state index contributed by atoms with van der Waals surface area (Å²) in [6.07, 6.45) is 4.41. The van der Waals surface area contributed by atoms with Gasteiger partial charge in [0, 0.05) is 25.5 Å². The lowest BCUT2D eigenvalue weighted by molar-refractivity contribution is -0.123. The van der Waals surface area contributed by atoms with Crippen LogP contribution < -0.4 is 16.0 Å². The fraction of sp³-hybridized carbons (Fsp3) is 0.292. The minimum Gasteiger partial charge on any atom is -0.350 e. The van der Waals surface area contributed by atoms with Crippen LogP contribution >= 0.6 is 0 Å². The molecule has 9 heteroatoms. The number of urea groups is 1. The summed E-state index contributed by atoms with van der Waals surface area (Å²) in [5, 5.41) is 8.07. The fourth-order valence-corrected chi connectivity index (χ4v) is 3.35. The molecule has 0 bridgehead atoms. The van der Waals surface area contributed by atoms with Crippen molar-refractivity contribution in [2.45, 2.75) is 45.8 Å². The Balaban J connectivity index is 1.54. The van der Waals surface area contributed by atoms with Gasteiger partial charge >= 0.3 is 6.03 Å². The zero-order valence-electron chi connectivity index (χ0n) is 18.6. The van der Waals surface area contributed by atoms with Gasteiger partial charge in [0.25, 0.3) is 0 Å². The summed E-state index contributed by atoms with van der Waals surface area (Å²) in [5.74, 6) is -0.467. The number of benzene rings is 2. The van der Waals surface area contributed by atoms with Crippen LogP contribution in [0.5, 0.6) is 0 Å². The van der Waals surface area contributed by atoms with Crippen LogP contribution in [0.15, 0.2) is 54.9 Å². The van der Waals surface area contributed by atoms with E-state index in [0.717, 1.165) is 5.56 Å². The average Bonchev–Trinajstić information content (AvgIpc) is 3.22.